The van der Waals surface area contributed by atoms with Crippen LogP contribution in [0.4, 0.5) is 5.69 Å². The first kappa shape index (κ1) is 13.5. The molecule has 1 aromatic rings. The Morgan fingerprint density at radius 1 is 1.21 bits per heavy atom. The lowest BCUT2D eigenvalue weighted by molar-refractivity contribution is -0.136. The van der Waals surface area contributed by atoms with Crippen LogP contribution in [-0.4, -0.2) is 29.6 Å². The topological polar surface area (TPSA) is 78.4 Å². The maximum absolute atomic E-state index is 11.5. The van der Waals surface area contributed by atoms with Crippen LogP contribution < -0.4 is 10.6 Å². The van der Waals surface area contributed by atoms with Crippen LogP contribution >= 0.6 is 0 Å². The van der Waals surface area contributed by atoms with Crippen molar-refractivity contribution in [2.75, 3.05) is 11.9 Å². The Hall–Kier alpha value is -1.88. The van der Waals surface area contributed by atoms with E-state index in [1.165, 1.54) is 0 Å². The van der Waals surface area contributed by atoms with E-state index in [1.54, 1.807) is 24.3 Å². The van der Waals surface area contributed by atoms with Gasteiger partial charge in [-0.05, 0) is 37.3 Å². The summed E-state index contributed by atoms with van der Waals surface area (Å²) in [6, 6.07) is 8.80. The molecule has 0 radical (unpaired) electrons. The number of nitrogens with one attached hydrogen (secondary N) is 2. The number of hydrogen-bond acceptors (Lipinski definition) is 3. The molecule has 5 nitrogen and oxygen atoms in total. The molecule has 0 heterocycles. The number of rotatable bonds is 5. The zero-order chi connectivity index (χ0) is 13.7. The number of anilines is 1. The van der Waals surface area contributed by atoms with E-state index in [0.29, 0.717) is 24.6 Å². The minimum Gasteiger partial charge on any atom is -0.393 e. The number of aliphatic hydroxyl groups is 1. The van der Waals surface area contributed by atoms with Crippen molar-refractivity contribution in [3.8, 4) is 0 Å². The fraction of sp³-hybridized carbons (Fsp3) is 0.429. The quantitative estimate of drug-likeness (QED) is 0.690. The largest absolute Gasteiger partial charge is 0.393 e. The van der Waals surface area contributed by atoms with Gasteiger partial charge < -0.3 is 15.7 Å². The van der Waals surface area contributed by atoms with Gasteiger partial charge in [0, 0.05) is 12.2 Å². The van der Waals surface area contributed by atoms with Crippen molar-refractivity contribution >= 4 is 17.5 Å². The number of aliphatic hydroxyl groups excluding tert-OH is 1. The van der Waals surface area contributed by atoms with E-state index in [-0.39, 0.29) is 6.10 Å². The van der Waals surface area contributed by atoms with Crippen LogP contribution in [0.3, 0.4) is 0 Å². The highest BCUT2D eigenvalue weighted by Gasteiger charge is 2.29. The molecule has 2 rings (SSSR count). The Morgan fingerprint density at radius 2 is 1.89 bits per heavy atom. The molecule has 1 aliphatic rings. The molecule has 1 aromatic carbocycles. The Morgan fingerprint density at radius 3 is 2.53 bits per heavy atom. The normalized spacial score (nSPS) is 15.6. The van der Waals surface area contributed by atoms with Crippen LogP contribution in [0, 0.1) is 5.92 Å². The predicted octanol–water partition coefficient (Wildman–Crippen LogP) is 0.902. The molecule has 0 unspecified atom stereocenters. The average molecular weight is 262 g/mol. The van der Waals surface area contributed by atoms with Gasteiger partial charge in [-0.2, -0.15) is 0 Å². The lowest BCUT2D eigenvalue weighted by atomic mass is 10.2. The molecule has 1 fully saturated rings. The van der Waals surface area contributed by atoms with Gasteiger partial charge in [-0.25, -0.2) is 0 Å². The summed E-state index contributed by atoms with van der Waals surface area (Å²) in [4.78, 5) is 23.1. The van der Waals surface area contributed by atoms with E-state index in [4.69, 9.17) is 0 Å². The summed E-state index contributed by atoms with van der Waals surface area (Å²) in [5.41, 5.74) is 0.584. The Labute approximate surface area is 112 Å². The fourth-order valence-corrected chi connectivity index (χ4v) is 1.84. The highest BCUT2D eigenvalue weighted by atomic mass is 16.3. The van der Waals surface area contributed by atoms with Crippen LogP contribution in [0.25, 0.3) is 0 Å². The van der Waals surface area contributed by atoms with Crippen LogP contribution in [0.2, 0.25) is 0 Å². The van der Waals surface area contributed by atoms with E-state index in [0.717, 1.165) is 12.8 Å². The lowest BCUT2D eigenvalue weighted by Gasteiger charge is -2.10. The Balaban J connectivity index is 1.68. The summed E-state index contributed by atoms with van der Waals surface area (Å²) in [7, 11) is 0. The van der Waals surface area contributed by atoms with Crippen molar-refractivity contribution in [1.82, 2.24) is 5.32 Å². The third-order valence-corrected chi connectivity index (χ3v) is 3.13. The van der Waals surface area contributed by atoms with Crippen LogP contribution in [0.1, 0.15) is 19.3 Å². The van der Waals surface area contributed by atoms with Crippen LogP contribution in [0.15, 0.2) is 30.3 Å². The highest BCUT2D eigenvalue weighted by molar-refractivity contribution is 6.39. The van der Waals surface area contributed by atoms with E-state index in [2.05, 4.69) is 10.6 Å². The number of benzene rings is 1. The Kier molecular flexibility index (Phi) is 4.52. The molecule has 1 atom stereocenters. The van der Waals surface area contributed by atoms with Crippen molar-refractivity contribution in [3.05, 3.63) is 30.3 Å². The Bertz CT molecular complexity index is 443. The van der Waals surface area contributed by atoms with E-state index < -0.39 is 11.8 Å². The second kappa shape index (κ2) is 6.33. The van der Waals surface area contributed by atoms with Crippen molar-refractivity contribution in [2.24, 2.45) is 5.92 Å². The number of hydrogen-bond donors (Lipinski definition) is 3. The van der Waals surface area contributed by atoms with E-state index in [1.807, 2.05) is 6.07 Å². The molecule has 19 heavy (non-hydrogen) atoms. The van der Waals surface area contributed by atoms with Crippen molar-refractivity contribution < 1.29 is 14.7 Å². The van der Waals surface area contributed by atoms with Crippen molar-refractivity contribution in [3.63, 3.8) is 0 Å². The third-order valence-electron chi connectivity index (χ3n) is 3.13. The average Bonchev–Trinajstić information content (AvgIpc) is 3.24. The molecule has 5 heteroatoms. The molecular weight excluding hydrogens is 244 g/mol. The number of para-hydroxylation sites is 1. The molecule has 0 aliphatic heterocycles. The van der Waals surface area contributed by atoms with Crippen molar-refractivity contribution in [2.45, 2.75) is 25.4 Å². The lowest BCUT2D eigenvalue weighted by Crippen LogP contribution is -2.37. The molecule has 102 valence electrons. The minimum absolute atomic E-state index is 0.318. The summed E-state index contributed by atoms with van der Waals surface area (Å²) in [6.07, 6.45) is 2.25. The monoisotopic (exact) mass is 262 g/mol. The first-order valence-electron chi connectivity index (χ1n) is 6.49. The fourth-order valence-electron chi connectivity index (χ4n) is 1.84. The van der Waals surface area contributed by atoms with Gasteiger partial charge in [-0.1, -0.05) is 18.2 Å². The highest BCUT2D eigenvalue weighted by Crippen LogP contribution is 2.33. The third kappa shape index (κ3) is 4.37. The first-order chi connectivity index (χ1) is 9.16. The summed E-state index contributed by atoms with van der Waals surface area (Å²) in [6.45, 7) is 0.318. The molecule has 0 aromatic heterocycles. The zero-order valence-electron chi connectivity index (χ0n) is 10.6. The number of amides is 2. The summed E-state index contributed by atoms with van der Waals surface area (Å²) < 4.78 is 0. The van der Waals surface area contributed by atoms with Gasteiger partial charge in [0.2, 0.25) is 0 Å². The predicted molar refractivity (Wildman–Crippen MR) is 71.4 cm³/mol. The number of carbonyl (C=O) groups is 2. The summed E-state index contributed by atoms with van der Waals surface area (Å²) in [5, 5.41) is 14.6. The molecule has 1 aliphatic carbocycles. The molecule has 1 saturated carbocycles. The van der Waals surface area contributed by atoms with Gasteiger partial charge in [-0.3, -0.25) is 9.59 Å². The standard InChI is InChI=1S/C14H18N2O3/c17-12(10-6-7-10)8-9-15-13(18)14(19)16-11-4-2-1-3-5-11/h1-5,10,12,17H,6-9H2,(H,15,18)(H,16,19)/t12-/m0/s1. The molecule has 0 saturated heterocycles. The maximum atomic E-state index is 11.5. The van der Waals surface area contributed by atoms with Gasteiger partial charge >= 0.3 is 11.8 Å². The van der Waals surface area contributed by atoms with Crippen molar-refractivity contribution in [1.29, 1.82) is 0 Å². The van der Waals surface area contributed by atoms with Gasteiger partial charge in [0.1, 0.15) is 0 Å². The van der Waals surface area contributed by atoms with Gasteiger partial charge in [0.15, 0.2) is 0 Å². The summed E-state index contributed by atoms with van der Waals surface area (Å²) in [5.74, 6) is -0.978. The van der Waals surface area contributed by atoms with Gasteiger partial charge in [-0.15, -0.1) is 0 Å². The second-order valence-corrected chi connectivity index (χ2v) is 4.77. The summed E-state index contributed by atoms with van der Waals surface area (Å²) >= 11 is 0. The minimum atomic E-state index is -0.688. The van der Waals surface area contributed by atoms with E-state index >= 15 is 0 Å². The van der Waals surface area contributed by atoms with Crippen LogP contribution in [-0.2, 0) is 9.59 Å². The molecule has 3 N–H and O–H groups in total. The smallest absolute Gasteiger partial charge is 0.313 e. The maximum Gasteiger partial charge on any atom is 0.313 e. The second-order valence-electron chi connectivity index (χ2n) is 4.77. The molecular formula is C14H18N2O3. The number of carbonyl (C=O) groups excluding carboxylic acids is 2. The zero-order valence-corrected chi connectivity index (χ0v) is 10.6. The molecule has 2 amide bonds. The van der Waals surface area contributed by atoms with Crippen LogP contribution in [0.5, 0.6) is 0 Å². The van der Waals surface area contributed by atoms with Gasteiger partial charge in [0.05, 0.1) is 6.10 Å². The molecule has 0 bridgehead atoms. The van der Waals surface area contributed by atoms with E-state index in [9.17, 15) is 14.7 Å². The van der Waals surface area contributed by atoms with Gasteiger partial charge in [0.25, 0.3) is 0 Å². The molecule has 0 spiro atoms. The first-order valence-corrected chi connectivity index (χ1v) is 6.49. The SMILES string of the molecule is O=C(NCC[C@H](O)C1CC1)C(=O)Nc1ccccc1.